The van der Waals surface area contributed by atoms with Crippen LogP contribution in [0.5, 0.6) is 11.5 Å². The summed E-state index contributed by atoms with van der Waals surface area (Å²) in [5.74, 6) is -4.58. The third-order valence-corrected chi connectivity index (χ3v) is 5.60. The number of hydrogen-bond acceptors (Lipinski definition) is 6. The molecule has 2 unspecified atom stereocenters. The van der Waals surface area contributed by atoms with E-state index in [0.717, 1.165) is 0 Å². The number of phenols is 1. The van der Waals surface area contributed by atoms with E-state index in [1.54, 1.807) is 18.2 Å². The summed E-state index contributed by atoms with van der Waals surface area (Å²) >= 11 is 12.1. The molecule has 0 aromatic heterocycles. The van der Waals surface area contributed by atoms with Crippen LogP contribution in [-0.4, -0.2) is 26.9 Å². The second kappa shape index (κ2) is 7.16. The highest BCUT2D eigenvalue weighted by molar-refractivity contribution is 6.45. The minimum Gasteiger partial charge on any atom is -0.506 e. The second-order valence-corrected chi connectivity index (χ2v) is 7.47. The van der Waals surface area contributed by atoms with Gasteiger partial charge in [-0.1, -0.05) is 41.4 Å². The molecule has 0 saturated carbocycles. The maximum Gasteiger partial charge on any atom is 0.356 e. The maximum atomic E-state index is 12.3. The topological polar surface area (TPSA) is 127 Å². The summed E-state index contributed by atoms with van der Waals surface area (Å²) in [7, 11) is 0. The Bertz CT molecular complexity index is 1200. The van der Waals surface area contributed by atoms with Gasteiger partial charge in [-0.3, -0.25) is 14.9 Å². The summed E-state index contributed by atoms with van der Waals surface area (Å²) < 4.78 is 5.66. The van der Waals surface area contributed by atoms with E-state index >= 15 is 0 Å². The number of ether oxygens (including phenoxy) is 1. The normalized spacial score (nSPS) is 20.1. The van der Waals surface area contributed by atoms with Gasteiger partial charge in [-0.05, 0) is 23.8 Å². The van der Waals surface area contributed by atoms with Crippen LogP contribution < -0.4 is 4.74 Å². The van der Waals surface area contributed by atoms with Gasteiger partial charge >= 0.3 is 11.7 Å². The first kappa shape index (κ1) is 19.9. The first-order chi connectivity index (χ1) is 14.2. The summed E-state index contributed by atoms with van der Waals surface area (Å²) in [5, 5.41) is 30.9. The van der Waals surface area contributed by atoms with Gasteiger partial charge in [-0.25, -0.2) is 4.79 Å². The molecule has 2 N–H and O–H groups in total. The van der Waals surface area contributed by atoms with Gasteiger partial charge in [-0.15, -0.1) is 0 Å². The first-order valence-corrected chi connectivity index (χ1v) is 9.29. The van der Waals surface area contributed by atoms with Gasteiger partial charge in [0.2, 0.25) is 0 Å². The van der Waals surface area contributed by atoms with E-state index in [9.17, 15) is 29.9 Å². The van der Waals surface area contributed by atoms with Crippen molar-refractivity contribution in [2.45, 2.75) is 5.92 Å². The molecule has 30 heavy (non-hydrogen) atoms. The number of hydrogen-bond donors (Lipinski definition) is 2. The number of carbonyl (C=O) groups is 2. The van der Waals surface area contributed by atoms with Crippen molar-refractivity contribution < 1.29 is 29.5 Å². The van der Waals surface area contributed by atoms with Crippen LogP contribution in [0.4, 0.5) is 0 Å². The first-order valence-electron chi connectivity index (χ1n) is 8.53. The predicted octanol–water partition coefficient (Wildman–Crippen LogP) is 4.08. The Morgan fingerprint density at radius 1 is 1.17 bits per heavy atom. The van der Waals surface area contributed by atoms with Crippen LogP contribution in [0.1, 0.15) is 27.4 Å². The molecule has 0 fully saturated rings. The molecule has 0 spiro atoms. The van der Waals surface area contributed by atoms with Crippen LogP contribution in [-0.2, 0) is 4.79 Å². The third-order valence-electron chi connectivity index (χ3n) is 5.00. The van der Waals surface area contributed by atoms with Crippen molar-refractivity contribution in [2.75, 3.05) is 0 Å². The zero-order valence-electron chi connectivity index (χ0n) is 14.8. The molecular formula is C20H11Cl2NO7. The molecule has 10 heteroatoms. The number of phenolic OH excluding ortho intramolecular Hbond substituents is 1. The molecule has 2 aromatic rings. The van der Waals surface area contributed by atoms with Crippen LogP contribution in [0.2, 0.25) is 5.02 Å². The molecule has 0 saturated heterocycles. The molecule has 2 aromatic carbocycles. The number of nitrogens with zero attached hydrogens (tertiary/aromatic N) is 1. The Hall–Kier alpha value is -3.36. The molecule has 1 heterocycles. The van der Waals surface area contributed by atoms with Crippen molar-refractivity contribution >= 4 is 35.0 Å². The number of aromatic carboxylic acids is 1. The van der Waals surface area contributed by atoms with E-state index in [1.807, 2.05) is 0 Å². The number of aromatic hydroxyl groups is 1. The standard InChI is InChI=1S/C20H11Cl2NO7/c21-12-5-10-15(7-14(12)24)30-19-11(6-13(22)18(25)17(19)23(28)29)16(10)8-3-1-2-4-9(8)20(26)27/h1-7,11,16,24H,(H,26,27). The van der Waals surface area contributed by atoms with Gasteiger partial charge in [0.25, 0.3) is 5.78 Å². The highest BCUT2D eigenvalue weighted by Crippen LogP contribution is 2.52. The fourth-order valence-corrected chi connectivity index (χ4v) is 4.15. The minimum atomic E-state index is -1.20. The highest BCUT2D eigenvalue weighted by Gasteiger charge is 2.47. The van der Waals surface area contributed by atoms with E-state index in [4.69, 9.17) is 27.9 Å². The van der Waals surface area contributed by atoms with Gasteiger partial charge in [0, 0.05) is 17.5 Å². The Labute approximate surface area is 178 Å². The van der Waals surface area contributed by atoms with Crippen molar-refractivity contribution in [3.63, 3.8) is 0 Å². The lowest BCUT2D eigenvalue weighted by Crippen LogP contribution is -2.33. The lowest BCUT2D eigenvalue weighted by atomic mass is 9.74. The van der Waals surface area contributed by atoms with Crippen molar-refractivity contribution in [3.8, 4) is 11.5 Å². The number of carboxylic acid groups (broad SMARTS) is 1. The van der Waals surface area contributed by atoms with Crippen molar-refractivity contribution in [1.82, 2.24) is 0 Å². The largest absolute Gasteiger partial charge is 0.506 e. The Morgan fingerprint density at radius 3 is 2.53 bits per heavy atom. The van der Waals surface area contributed by atoms with E-state index in [0.29, 0.717) is 11.1 Å². The average Bonchev–Trinajstić information content (AvgIpc) is 2.68. The summed E-state index contributed by atoms with van der Waals surface area (Å²) in [4.78, 5) is 34.9. The fraction of sp³-hybridized carbons (Fsp3) is 0.100. The molecule has 0 amide bonds. The van der Waals surface area contributed by atoms with Gasteiger partial charge in [0.05, 0.1) is 26.5 Å². The number of carbonyl (C=O) groups excluding carboxylic acids is 1. The van der Waals surface area contributed by atoms with Crippen molar-refractivity contribution in [3.05, 3.63) is 90.8 Å². The zero-order chi connectivity index (χ0) is 21.7. The van der Waals surface area contributed by atoms with Crippen LogP contribution >= 0.6 is 23.2 Å². The molecule has 8 nitrogen and oxygen atoms in total. The third kappa shape index (κ3) is 3.01. The van der Waals surface area contributed by atoms with Gasteiger partial charge in [0.15, 0.2) is 5.76 Å². The summed E-state index contributed by atoms with van der Waals surface area (Å²) in [6, 6.07) is 8.69. The maximum absolute atomic E-state index is 12.3. The molecule has 2 atom stereocenters. The molecule has 1 aliphatic carbocycles. The quantitative estimate of drug-likeness (QED) is 0.535. The Kier molecular flexibility index (Phi) is 4.76. The van der Waals surface area contributed by atoms with Gasteiger partial charge in [0.1, 0.15) is 11.5 Å². The van der Waals surface area contributed by atoms with Gasteiger partial charge in [-0.2, -0.15) is 0 Å². The van der Waals surface area contributed by atoms with E-state index in [1.165, 1.54) is 24.3 Å². The van der Waals surface area contributed by atoms with Crippen LogP contribution in [0, 0.1) is 16.0 Å². The lowest BCUT2D eigenvalue weighted by Gasteiger charge is -2.35. The number of halogens is 2. The zero-order valence-corrected chi connectivity index (χ0v) is 16.3. The highest BCUT2D eigenvalue weighted by atomic mass is 35.5. The Morgan fingerprint density at radius 2 is 1.87 bits per heavy atom. The second-order valence-electron chi connectivity index (χ2n) is 6.65. The van der Waals surface area contributed by atoms with E-state index in [2.05, 4.69) is 0 Å². The van der Waals surface area contributed by atoms with E-state index in [-0.39, 0.29) is 32.9 Å². The predicted molar refractivity (Wildman–Crippen MR) is 105 cm³/mol. The van der Waals surface area contributed by atoms with Crippen LogP contribution in [0.15, 0.2) is 59.0 Å². The molecule has 152 valence electrons. The number of allylic oxidation sites excluding steroid dienone is 2. The SMILES string of the molecule is O=C1C(Cl)=CC2C(=C1[N+](=O)[O-])Oc1cc(O)c(Cl)cc1C2c1ccccc1C(=O)O. The molecule has 0 bridgehead atoms. The Balaban J connectivity index is 2.08. The van der Waals surface area contributed by atoms with Crippen molar-refractivity contribution in [2.24, 2.45) is 5.92 Å². The summed E-state index contributed by atoms with van der Waals surface area (Å²) in [6.45, 7) is 0. The fourth-order valence-electron chi connectivity index (χ4n) is 3.75. The van der Waals surface area contributed by atoms with E-state index < -0.39 is 34.2 Å². The number of Topliss-reactive ketones (excluding diaryl/α,β-unsaturated/α-hetero) is 1. The summed E-state index contributed by atoms with van der Waals surface area (Å²) in [5.41, 5.74) is -0.178. The van der Waals surface area contributed by atoms with Crippen molar-refractivity contribution in [1.29, 1.82) is 0 Å². The summed E-state index contributed by atoms with van der Waals surface area (Å²) in [6.07, 6.45) is 1.30. The number of fused-ring (bicyclic) bond motifs is 2. The number of benzene rings is 2. The van der Waals surface area contributed by atoms with Crippen LogP contribution in [0.25, 0.3) is 0 Å². The number of ketones is 1. The minimum absolute atomic E-state index is 0.0148. The van der Waals surface area contributed by atoms with Gasteiger partial charge < -0.3 is 14.9 Å². The molecule has 1 aliphatic heterocycles. The smallest absolute Gasteiger partial charge is 0.356 e. The molecule has 2 aliphatic rings. The van der Waals surface area contributed by atoms with Crippen LogP contribution in [0.3, 0.4) is 0 Å². The molecular weight excluding hydrogens is 437 g/mol. The number of nitro groups is 1. The number of carboxylic acids is 1. The average molecular weight is 448 g/mol. The molecule has 0 radical (unpaired) electrons. The lowest BCUT2D eigenvalue weighted by molar-refractivity contribution is -0.421. The number of rotatable bonds is 3. The molecule has 4 rings (SSSR count). The monoisotopic (exact) mass is 447 g/mol.